The van der Waals surface area contributed by atoms with Gasteiger partial charge in [-0.25, -0.2) is 0 Å². The number of nitrogens with zero attached hydrogens (tertiary/aromatic N) is 1. The van der Waals surface area contributed by atoms with Crippen molar-refractivity contribution < 1.29 is 19.9 Å². The van der Waals surface area contributed by atoms with Crippen molar-refractivity contribution in [3.63, 3.8) is 0 Å². The van der Waals surface area contributed by atoms with Crippen LogP contribution in [0.5, 0.6) is 0 Å². The molecule has 4 N–H and O–H groups in total. The Hall–Kier alpha value is -0.625. The molecule has 2 saturated heterocycles. The molecule has 0 spiro atoms. The molecule has 7 heteroatoms. The summed E-state index contributed by atoms with van der Waals surface area (Å²) in [5.41, 5.74) is -0.254. The highest BCUT2D eigenvalue weighted by molar-refractivity contribution is 6.40. The second-order valence-corrected chi connectivity index (χ2v) is 5.53. The number of hydrogen-bond donors (Lipinski definition) is 4. The Labute approximate surface area is 107 Å². The molecule has 3 unspecified atom stereocenters. The van der Waals surface area contributed by atoms with Crippen LogP contribution in [0.3, 0.4) is 0 Å². The maximum Gasteiger partial charge on any atom is 0.451 e. The third-order valence-electron chi connectivity index (χ3n) is 4.57. The van der Waals surface area contributed by atoms with E-state index in [2.05, 4.69) is 10.2 Å². The standard InChI is InChI=1S/C11H21BN2O4/c1-14-6-4-11(3-2-5-12(17)18)8(14)7-13-9(11)10(15)16/h8-9,13,17-18H,2-7H2,1H3,(H,15,16). The van der Waals surface area contributed by atoms with Gasteiger partial charge in [-0.05, 0) is 32.8 Å². The van der Waals surface area contributed by atoms with E-state index in [1.807, 2.05) is 7.05 Å². The molecule has 2 aliphatic heterocycles. The van der Waals surface area contributed by atoms with Gasteiger partial charge in [0.1, 0.15) is 6.04 Å². The number of nitrogens with one attached hydrogen (secondary N) is 1. The van der Waals surface area contributed by atoms with E-state index in [0.717, 1.165) is 19.4 Å². The number of carbonyl (C=O) groups is 1. The number of likely N-dealkylation sites (N-methyl/N-ethyl adjacent to an activating group) is 1. The zero-order valence-corrected chi connectivity index (χ0v) is 10.7. The normalized spacial score (nSPS) is 35.7. The number of likely N-dealkylation sites (tertiary alicyclic amines) is 1. The van der Waals surface area contributed by atoms with Gasteiger partial charge in [-0.2, -0.15) is 0 Å². The van der Waals surface area contributed by atoms with Crippen molar-refractivity contribution in [3.05, 3.63) is 0 Å². The summed E-state index contributed by atoms with van der Waals surface area (Å²) in [5.74, 6) is -0.794. The zero-order valence-electron chi connectivity index (χ0n) is 10.7. The maximum absolute atomic E-state index is 11.4. The van der Waals surface area contributed by atoms with E-state index in [1.165, 1.54) is 0 Å². The summed E-state index contributed by atoms with van der Waals surface area (Å²) in [7, 11) is 0.732. The molecule has 0 aromatic carbocycles. The van der Waals surface area contributed by atoms with Crippen molar-refractivity contribution in [2.45, 2.75) is 37.7 Å². The number of fused-ring (bicyclic) bond motifs is 1. The van der Waals surface area contributed by atoms with Crippen molar-refractivity contribution in [2.75, 3.05) is 20.1 Å². The van der Waals surface area contributed by atoms with Crippen LogP contribution in [0.25, 0.3) is 0 Å². The van der Waals surface area contributed by atoms with Crippen molar-refractivity contribution in [1.82, 2.24) is 10.2 Å². The van der Waals surface area contributed by atoms with Gasteiger partial charge in [0.05, 0.1) is 0 Å². The summed E-state index contributed by atoms with van der Waals surface area (Å²) < 4.78 is 0. The highest BCUT2D eigenvalue weighted by Gasteiger charge is 2.57. The van der Waals surface area contributed by atoms with Gasteiger partial charge in [0.2, 0.25) is 0 Å². The van der Waals surface area contributed by atoms with Gasteiger partial charge in [-0.15, -0.1) is 0 Å². The van der Waals surface area contributed by atoms with Crippen LogP contribution in [0.1, 0.15) is 19.3 Å². The molecule has 0 bridgehead atoms. The fourth-order valence-electron chi connectivity index (χ4n) is 3.66. The smallest absolute Gasteiger partial charge is 0.451 e. The lowest BCUT2D eigenvalue weighted by molar-refractivity contribution is -0.142. The minimum atomic E-state index is -1.29. The molecule has 0 aromatic rings. The third-order valence-corrected chi connectivity index (χ3v) is 4.57. The summed E-state index contributed by atoms with van der Waals surface area (Å²) >= 11 is 0. The van der Waals surface area contributed by atoms with Crippen LogP contribution >= 0.6 is 0 Å². The molecule has 0 saturated carbocycles. The van der Waals surface area contributed by atoms with Crippen LogP contribution in [0.4, 0.5) is 0 Å². The Balaban J connectivity index is 2.09. The predicted molar refractivity (Wildman–Crippen MR) is 67.1 cm³/mol. The lowest BCUT2D eigenvalue weighted by atomic mass is 9.70. The van der Waals surface area contributed by atoms with Crippen molar-refractivity contribution in [3.8, 4) is 0 Å². The van der Waals surface area contributed by atoms with Gasteiger partial charge in [0.15, 0.2) is 0 Å². The van der Waals surface area contributed by atoms with Crippen LogP contribution in [0, 0.1) is 5.41 Å². The van der Waals surface area contributed by atoms with Gasteiger partial charge in [-0.1, -0.05) is 6.42 Å². The molecule has 0 radical (unpaired) electrons. The average Bonchev–Trinajstić information content (AvgIpc) is 2.77. The highest BCUT2D eigenvalue weighted by Crippen LogP contribution is 2.46. The molecular formula is C11H21BN2O4. The van der Waals surface area contributed by atoms with Crippen LogP contribution in [0.2, 0.25) is 6.32 Å². The van der Waals surface area contributed by atoms with E-state index in [-0.39, 0.29) is 11.5 Å². The Bertz CT molecular complexity index is 328. The van der Waals surface area contributed by atoms with E-state index < -0.39 is 19.1 Å². The predicted octanol–water partition coefficient (Wildman–Crippen LogP) is -1.01. The lowest BCUT2D eigenvalue weighted by Crippen LogP contribution is -2.45. The van der Waals surface area contributed by atoms with E-state index in [9.17, 15) is 9.90 Å². The van der Waals surface area contributed by atoms with Crippen LogP contribution < -0.4 is 5.32 Å². The summed E-state index contributed by atoms with van der Waals surface area (Å²) in [6.45, 7) is 1.62. The molecule has 18 heavy (non-hydrogen) atoms. The van der Waals surface area contributed by atoms with Crippen LogP contribution in [-0.2, 0) is 4.79 Å². The monoisotopic (exact) mass is 256 g/mol. The number of hydrogen-bond acceptors (Lipinski definition) is 5. The van der Waals surface area contributed by atoms with E-state index in [0.29, 0.717) is 19.3 Å². The number of aliphatic carboxylic acids is 1. The lowest BCUT2D eigenvalue weighted by Gasteiger charge is -2.33. The first-order valence-corrected chi connectivity index (χ1v) is 6.50. The molecule has 2 aliphatic rings. The molecule has 2 rings (SSSR count). The van der Waals surface area contributed by atoms with Gasteiger partial charge in [0.25, 0.3) is 0 Å². The number of carboxylic acids is 1. The molecule has 0 amide bonds. The van der Waals surface area contributed by atoms with E-state index >= 15 is 0 Å². The van der Waals surface area contributed by atoms with Crippen LogP contribution in [0.15, 0.2) is 0 Å². The van der Waals surface area contributed by atoms with Gasteiger partial charge >= 0.3 is 13.1 Å². The molecule has 2 heterocycles. The third kappa shape index (κ3) is 2.27. The van der Waals surface area contributed by atoms with Crippen molar-refractivity contribution >= 4 is 13.1 Å². The van der Waals surface area contributed by atoms with Crippen molar-refractivity contribution in [1.29, 1.82) is 0 Å². The SMILES string of the molecule is CN1CCC2(CCCB(O)O)C(C(=O)O)NCC12. The van der Waals surface area contributed by atoms with Crippen molar-refractivity contribution in [2.24, 2.45) is 5.41 Å². The summed E-state index contributed by atoms with van der Waals surface area (Å²) in [6, 6.07) is -0.266. The maximum atomic E-state index is 11.4. The Morgan fingerprint density at radius 1 is 1.56 bits per heavy atom. The topological polar surface area (TPSA) is 93.0 Å². The Morgan fingerprint density at radius 2 is 2.28 bits per heavy atom. The molecule has 6 nitrogen and oxygen atoms in total. The average molecular weight is 256 g/mol. The zero-order chi connectivity index (χ0) is 13.3. The first-order valence-electron chi connectivity index (χ1n) is 6.50. The first-order chi connectivity index (χ1) is 8.47. The number of rotatable bonds is 5. The minimum absolute atomic E-state index is 0.245. The first kappa shape index (κ1) is 13.8. The largest absolute Gasteiger partial charge is 0.480 e. The molecule has 102 valence electrons. The molecule has 0 aromatic heterocycles. The molecular weight excluding hydrogens is 235 g/mol. The van der Waals surface area contributed by atoms with E-state index in [1.54, 1.807) is 0 Å². The van der Waals surface area contributed by atoms with Gasteiger partial charge in [0, 0.05) is 18.0 Å². The quantitative estimate of drug-likeness (QED) is 0.471. The van der Waals surface area contributed by atoms with Crippen LogP contribution in [-0.4, -0.2) is 65.4 Å². The summed E-state index contributed by atoms with van der Waals surface area (Å²) in [4.78, 5) is 13.6. The Kier molecular flexibility index (Phi) is 3.96. The minimum Gasteiger partial charge on any atom is -0.480 e. The molecule has 0 aliphatic carbocycles. The molecule has 3 atom stereocenters. The molecule has 2 fully saturated rings. The van der Waals surface area contributed by atoms with Gasteiger partial charge in [-0.3, -0.25) is 4.79 Å². The fraction of sp³-hybridized carbons (Fsp3) is 0.909. The highest BCUT2D eigenvalue weighted by atomic mass is 16.4. The number of carboxylic acid groups (broad SMARTS) is 1. The summed E-state index contributed by atoms with van der Waals surface area (Å²) in [6.07, 6.45) is 2.54. The van der Waals surface area contributed by atoms with E-state index in [4.69, 9.17) is 10.0 Å². The Morgan fingerprint density at radius 3 is 2.89 bits per heavy atom. The second kappa shape index (κ2) is 5.17. The second-order valence-electron chi connectivity index (χ2n) is 5.53. The summed E-state index contributed by atoms with van der Waals surface area (Å²) in [5, 5.41) is 30.3. The fourth-order valence-corrected chi connectivity index (χ4v) is 3.66. The van der Waals surface area contributed by atoms with Gasteiger partial charge < -0.3 is 25.4 Å².